The molecule has 3 amide bonds. The molecule has 3 aromatic rings. The SMILES string of the molecule is CC[C@@H]1C[C@@]1(NC(=O)[C@@H]1C[C@@H](Oc2cc(-c3csc(NC(C)C)n3)nc3c(Cl)c(OCCN4CCOCC4)ccc23)CN1C(=O)[C@@H](NC(=O)OC1C[C@@H]2C[C@@H]2C1)C(C)(C)C)C(=O)O. The summed E-state index contributed by atoms with van der Waals surface area (Å²) in [5.74, 6) is -0.376. The van der Waals surface area contributed by atoms with E-state index in [1.165, 1.54) is 22.7 Å². The number of morpholine rings is 1. The summed E-state index contributed by atoms with van der Waals surface area (Å²) < 4.78 is 24.3. The van der Waals surface area contributed by atoms with Crippen LogP contribution in [0.25, 0.3) is 22.3 Å². The first-order chi connectivity index (χ1) is 30.0. The lowest BCUT2D eigenvalue weighted by Crippen LogP contribution is -2.59. The highest BCUT2D eigenvalue weighted by Crippen LogP contribution is 2.52. The molecule has 4 heterocycles. The number of hydrogen-bond donors (Lipinski definition) is 4. The Kier molecular flexibility index (Phi) is 13.0. The Morgan fingerprint density at radius 3 is 2.44 bits per heavy atom. The van der Waals surface area contributed by atoms with E-state index in [4.69, 9.17) is 40.5 Å². The molecule has 5 aliphatic rings. The lowest BCUT2D eigenvalue weighted by atomic mass is 9.85. The van der Waals surface area contributed by atoms with E-state index in [0.717, 1.165) is 31.1 Å². The van der Waals surface area contributed by atoms with Crippen LogP contribution in [0.3, 0.4) is 0 Å². The summed E-state index contributed by atoms with van der Waals surface area (Å²) in [5, 5.41) is 22.7. The average molecular weight is 911 g/mol. The number of carbonyl (C=O) groups is 4. The number of benzene rings is 1. The third kappa shape index (κ3) is 9.96. The maximum atomic E-state index is 14.8. The van der Waals surface area contributed by atoms with E-state index in [-0.39, 0.29) is 31.0 Å². The number of fused-ring (bicyclic) bond motifs is 2. The van der Waals surface area contributed by atoms with Crippen LogP contribution in [0.2, 0.25) is 5.02 Å². The minimum absolute atomic E-state index is 0.0295. The Morgan fingerprint density at radius 1 is 1.03 bits per heavy atom. The molecule has 342 valence electrons. The molecule has 2 aliphatic heterocycles. The summed E-state index contributed by atoms with van der Waals surface area (Å²) >= 11 is 8.55. The molecule has 0 spiro atoms. The van der Waals surface area contributed by atoms with Gasteiger partial charge in [0.15, 0.2) is 5.13 Å². The second-order valence-corrected chi connectivity index (χ2v) is 20.4. The number of anilines is 1. The number of carbonyl (C=O) groups excluding carboxylic acids is 3. The van der Waals surface area contributed by atoms with Crippen molar-refractivity contribution in [2.45, 2.75) is 116 Å². The van der Waals surface area contributed by atoms with Crippen molar-refractivity contribution in [1.82, 2.24) is 30.4 Å². The molecule has 3 aliphatic carbocycles. The topological polar surface area (TPSA) is 194 Å². The fourth-order valence-corrected chi connectivity index (χ4v) is 10.5. The third-order valence-electron chi connectivity index (χ3n) is 13.1. The van der Waals surface area contributed by atoms with Crippen LogP contribution in [0.1, 0.15) is 80.1 Å². The monoisotopic (exact) mass is 909 g/mol. The highest BCUT2D eigenvalue weighted by atomic mass is 35.5. The van der Waals surface area contributed by atoms with Crippen LogP contribution in [0.5, 0.6) is 11.5 Å². The van der Waals surface area contributed by atoms with Crippen molar-refractivity contribution in [3.63, 3.8) is 0 Å². The number of nitrogens with zero attached hydrogens (tertiary/aromatic N) is 4. The van der Waals surface area contributed by atoms with Gasteiger partial charge < -0.3 is 44.9 Å². The van der Waals surface area contributed by atoms with Crippen molar-refractivity contribution >= 4 is 62.8 Å². The summed E-state index contributed by atoms with van der Waals surface area (Å²) in [5.41, 5.74) is -0.683. The van der Waals surface area contributed by atoms with Crippen molar-refractivity contribution in [2.24, 2.45) is 23.2 Å². The standard InChI is InChI=1S/C45H60ClN7O9S/c1-7-27-21-45(27,41(56)57)51-39(54)33-19-29(22-53(33)40(55)38(44(4,5)6)50-43(58)62-28-17-25-16-26(25)18-28)61-35-20-31(32-23-63-42(49-32)47-24(2)3)48-37-30(35)8-9-34(36(37)46)60-15-12-52-10-13-59-14-11-52/h8-9,20,23-29,33,38H,7,10-19,21-22H2,1-6H3,(H,47,49)(H,50,58)(H,51,54)(H,56,57)/t25-,26+,27-,28?,29-,33+,38-,45+/m1/s1. The minimum Gasteiger partial charge on any atom is -0.491 e. The van der Waals surface area contributed by atoms with Gasteiger partial charge in [0.25, 0.3) is 0 Å². The Bertz CT molecular complexity index is 2200. The Morgan fingerprint density at radius 2 is 1.78 bits per heavy atom. The highest BCUT2D eigenvalue weighted by molar-refractivity contribution is 7.14. The van der Waals surface area contributed by atoms with E-state index in [2.05, 4.69) is 20.9 Å². The predicted molar refractivity (Wildman–Crippen MR) is 238 cm³/mol. The quantitative estimate of drug-likeness (QED) is 0.127. The van der Waals surface area contributed by atoms with Gasteiger partial charge in [-0.25, -0.2) is 19.6 Å². The number of likely N-dealkylation sites (tertiary alicyclic amines) is 1. The number of aromatic nitrogens is 2. The molecule has 5 fully saturated rings. The molecule has 2 aromatic heterocycles. The number of hydrogen-bond acceptors (Lipinski definition) is 13. The number of carboxylic acids is 1. The summed E-state index contributed by atoms with van der Waals surface area (Å²) in [6, 6.07) is 3.38. The first-order valence-electron chi connectivity index (χ1n) is 22.3. The first-order valence-corrected chi connectivity index (χ1v) is 23.6. The second kappa shape index (κ2) is 18.2. The Hall–Kier alpha value is -4.45. The van der Waals surface area contributed by atoms with Gasteiger partial charge in [-0.2, -0.15) is 0 Å². The average Bonchev–Trinajstić information content (AvgIpc) is 3.91. The van der Waals surface area contributed by atoms with E-state index >= 15 is 0 Å². The number of amides is 3. The molecular weight excluding hydrogens is 850 g/mol. The van der Waals surface area contributed by atoms with Gasteiger partial charge in [0.1, 0.15) is 58.7 Å². The molecule has 2 saturated heterocycles. The normalized spacial score (nSPS) is 27.1. The third-order valence-corrected chi connectivity index (χ3v) is 14.2. The number of nitrogens with one attached hydrogen (secondary N) is 3. The molecule has 8 atom stereocenters. The lowest BCUT2D eigenvalue weighted by Gasteiger charge is -2.35. The van der Waals surface area contributed by atoms with Gasteiger partial charge in [0, 0.05) is 48.9 Å². The summed E-state index contributed by atoms with van der Waals surface area (Å²) in [4.78, 5) is 68.5. The van der Waals surface area contributed by atoms with Crippen LogP contribution in [0.4, 0.5) is 9.93 Å². The maximum absolute atomic E-state index is 14.8. The molecule has 8 rings (SSSR count). The van der Waals surface area contributed by atoms with Crippen molar-refractivity contribution in [3.8, 4) is 22.9 Å². The molecule has 63 heavy (non-hydrogen) atoms. The number of halogens is 1. The zero-order chi connectivity index (χ0) is 44.8. The number of alkyl carbamates (subject to hydrolysis) is 1. The van der Waals surface area contributed by atoms with Crippen molar-refractivity contribution in [1.29, 1.82) is 0 Å². The maximum Gasteiger partial charge on any atom is 0.408 e. The van der Waals surface area contributed by atoms with Crippen LogP contribution < -0.4 is 25.4 Å². The molecule has 1 unspecified atom stereocenters. The van der Waals surface area contributed by atoms with Crippen LogP contribution in [-0.2, 0) is 23.9 Å². The van der Waals surface area contributed by atoms with Gasteiger partial charge in [-0.05, 0) is 74.8 Å². The number of carboxylic acid groups (broad SMARTS) is 1. The number of aliphatic carboxylic acids is 1. The molecule has 0 bridgehead atoms. The molecule has 1 aromatic carbocycles. The molecule has 3 saturated carbocycles. The molecule has 4 N–H and O–H groups in total. The van der Waals surface area contributed by atoms with E-state index in [0.29, 0.717) is 89.9 Å². The molecule has 16 nitrogen and oxygen atoms in total. The number of thiazole rings is 1. The largest absolute Gasteiger partial charge is 0.491 e. The van der Waals surface area contributed by atoms with Gasteiger partial charge in [-0.1, -0.05) is 45.7 Å². The van der Waals surface area contributed by atoms with Crippen molar-refractivity contribution in [2.75, 3.05) is 51.3 Å². The lowest BCUT2D eigenvalue weighted by molar-refractivity contribution is -0.146. The first kappa shape index (κ1) is 45.1. The molecule has 0 radical (unpaired) electrons. The van der Waals surface area contributed by atoms with Crippen molar-refractivity contribution in [3.05, 3.63) is 28.6 Å². The van der Waals surface area contributed by atoms with E-state index < -0.39 is 53.0 Å². The van der Waals surface area contributed by atoms with Crippen LogP contribution in [0, 0.1) is 23.2 Å². The van der Waals surface area contributed by atoms with Gasteiger partial charge in [-0.3, -0.25) is 14.5 Å². The fraction of sp³-hybridized carbons (Fsp3) is 0.644. The summed E-state index contributed by atoms with van der Waals surface area (Å²) in [7, 11) is 0. The second-order valence-electron chi connectivity index (χ2n) is 19.2. The molecular formula is C45H60ClN7O9S. The summed E-state index contributed by atoms with van der Waals surface area (Å²) in [6.45, 7) is 15.6. The smallest absolute Gasteiger partial charge is 0.408 e. The molecule has 18 heteroatoms. The zero-order valence-corrected chi connectivity index (χ0v) is 38.5. The Labute approximate surface area is 377 Å². The predicted octanol–water partition coefficient (Wildman–Crippen LogP) is 6.20. The number of pyridine rings is 1. The van der Waals surface area contributed by atoms with E-state index in [1.54, 1.807) is 12.1 Å². The van der Waals surface area contributed by atoms with Crippen molar-refractivity contribution < 1.29 is 43.2 Å². The van der Waals surface area contributed by atoms with Gasteiger partial charge in [0.2, 0.25) is 11.8 Å². The minimum atomic E-state index is -1.42. The van der Waals surface area contributed by atoms with Crippen LogP contribution in [0.15, 0.2) is 23.6 Å². The number of ether oxygens (including phenoxy) is 4. The van der Waals surface area contributed by atoms with E-state index in [9.17, 15) is 24.3 Å². The van der Waals surface area contributed by atoms with Gasteiger partial charge in [-0.15, -0.1) is 11.3 Å². The zero-order valence-electron chi connectivity index (χ0n) is 36.9. The fourth-order valence-electron chi connectivity index (χ4n) is 9.38. The highest BCUT2D eigenvalue weighted by Gasteiger charge is 2.61. The van der Waals surface area contributed by atoms with Gasteiger partial charge in [0.05, 0.1) is 31.0 Å². The number of rotatable bonds is 16. The van der Waals surface area contributed by atoms with Crippen LogP contribution in [-0.4, -0.2) is 131 Å². The Balaban J connectivity index is 1.09. The van der Waals surface area contributed by atoms with Crippen LogP contribution >= 0.6 is 22.9 Å². The summed E-state index contributed by atoms with van der Waals surface area (Å²) in [6.07, 6.45) is 2.11. The van der Waals surface area contributed by atoms with Gasteiger partial charge >= 0.3 is 12.1 Å². The van der Waals surface area contributed by atoms with E-state index in [1.807, 2.05) is 53.0 Å².